The molecule has 254 valence electrons. The molecule has 0 bridgehead atoms. The van der Waals surface area contributed by atoms with Crippen molar-refractivity contribution >= 4 is 65.4 Å². The molecule has 3 heterocycles. The standard InChI is InChI=1S/C50H29N5/c51-30-34-24-23-33(28-48(34)55-47-22-8-4-17-41(47)43-18-10-12-35(31-52)50(43)55)32-11-9-13-36(27-32)54-46-21-7-3-16-40(46)42-26-25-37(29-49(42)54)53-44-19-5-1-14-38(44)39-15-2-6-20-45(39)53/h1-29H. The summed E-state index contributed by atoms with van der Waals surface area (Å²) in [6, 6.07) is 66.1. The third-order valence-corrected chi connectivity index (χ3v) is 11.1. The first-order valence-electron chi connectivity index (χ1n) is 18.3. The van der Waals surface area contributed by atoms with Crippen LogP contribution < -0.4 is 0 Å². The summed E-state index contributed by atoms with van der Waals surface area (Å²) < 4.78 is 6.81. The first-order chi connectivity index (χ1) is 27.2. The highest BCUT2D eigenvalue weighted by Crippen LogP contribution is 2.39. The third kappa shape index (κ3) is 4.45. The fourth-order valence-corrected chi connectivity index (χ4v) is 8.75. The largest absolute Gasteiger partial charge is 0.309 e. The summed E-state index contributed by atoms with van der Waals surface area (Å²) in [5, 5.41) is 27.5. The molecule has 8 aromatic carbocycles. The van der Waals surface area contributed by atoms with Crippen molar-refractivity contribution in [2.45, 2.75) is 0 Å². The Morgan fingerprint density at radius 3 is 1.45 bits per heavy atom. The lowest BCUT2D eigenvalue weighted by Crippen LogP contribution is -2.00. The quantitative estimate of drug-likeness (QED) is 0.184. The van der Waals surface area contributed by atoms with Crippen LogP contribution in [0.5, 0.6) is 0 Å². The molecule has 55 heavy (non-hydrogen) atoms. The van der Waals surface area contributed by atoms with Gasteiger partial charge < -0.3 is 13.7 Å². The molecule has 0 saturated heterocycles. The molecule has 0 fully saturated rings. The first kappa shape index (κ1) is 30.7. The lowest BCUT2D eigenvalue weighted by molar-refractivity contribution is 1.15. The van der Waals surface area contributed by atoms with Gasteiger partial charge >= 0.3 is 0 Å². The Hall–Kier alpha value is -7.86. The van der Waals surface area contributed by atoms with Gasteiger partial charge in [-0.1, -0.05) is 109 Å². The average Bonchev–Trinajstić information content (AvgIpc) is 3.89. The van der Waals surface area contributed by atoms with E-state index < -0.39 is 0 Å². The van der Waals surface area contributed by atoms with Crippen molar-refractivity contribution in [3.05, 3.63) is 187 Å². The molecule has 0 aliphatic heterocycles. The van der Waals surface area contributed by atoms with E-state index >= 15 is 0 Å². The number of nitriles is 2. The van der Waals surface area contributed by atoms with E-state index in [2.05, 4.69) is 159 Å². The molecule has 11 rings (SSSR count). The maximum atomic E-state index is 10.4. The van der Waals surface area contributed by atoms with Gasteiger partial charge in [-0.15, -0.1) is 0 Å². The average molecular weight is 700 g/mol. The molecule has 0 aliphatic carbocycles. The van der Waals surface area contributed by atoms with Gasteiger partial charge in [0.05, 0.1) is 49.9 Å². The van der Waals surface area contributed by atoms with Crippen molar-refractivity contribution in [2.75, 3.05) is 0 Å². The van der Waals surface area contributed by atoms with Gasteiger partial charge in [-0.2, -0.15) is 10.5 Å². The number of nitrogens with zero attached hydrogens (tertiary/aromatic N) is 5. The summed E-state index contributed by atoms with van der Waals surface area (Å²) in [7, 11) is 0. The van der Waals surface area contributed by atoms with E-state index in [0.29, 0.717) is 11.1 Å². The number of hydrogen-bond donors (Lipinski definition) is 0. The van der Waals surface area contributed by atoms with Crippen LogP contribution in [-0.2, 0) is 0 Å². The molecule has 0 unspecified atom stereocenters. The van der Waals surface area contributed by atoms with Crippen molar-refractivity contribution in [3.8, 4) is 40.3 Å². The molecule has 0 spiro atoms. The fraction of sp³-hybridized carbons (Fsp3) is 0. The van der Waals surface area contributed by atoms with Crippen molar-refractivity contribution in [1.29, 1.82) is 10.5 Å². The van der Waals surface area contributed by atoms with Crippen LogP contribution in [0.4, 0.5) is 0 Å². The minimum absolute atomic E-state index is 0.537. The molecule has 0 aliphatic rings. The van der Waals surface area contributed by atoms with E-state index in [-0.39, 0.29) is 0 Å². The number of para-hydroxylation sites is 5. The van der Waals surface area contributed by atoms with Crippen LogP contribution in [0.3, 0.4) is 0 Å². The molecule has 0 N–H and O–H groups in total. The summed E-state index contributed by atoms with van der Waals surface area (Å²) in [4.78, 5) is 0. The second-order valence-corrected chi connectivity index (χ2v) is 14.0. The number of rotatable bonds is 4. The monoisotopic (exact) mass is 699 g/mol. The first-order valence-corrected chi connectivity index (χ1v) is 18.3. The smallest absolute Gasteiger partial charge is 0.101 e. The van der Waals surface area contributed by atoms with Gasteiger partial charge in [0.15, 0.2) is 0 Å². The maximum Gasteiger partial charge on any atom is 0.101 e. The van der Waals surface area contributed by atoms with E-state index in [0.717, 1.165) is 61.0 Å². The maximum absolute atomic E-state index is 10.4. The Labute approximate surface area is 316 Å². The van der Waals surface area contributed by atoms with Gasteiger partial charge in [-0.05, 0) is 77.9 Å². The van der Waals surface area contributed by atoms with Crippen LogP contribution in [0.1, 0.15) is 11.1 Å². The van der Waals surface area contributed by atoms with Gasteiger partial charge in [0.2, 0.25) is 0 Å². The molecule has 5 heteroatoms. The zero-order valence-corrected chi connectivity index (χ0v) is 29.5. The second-order valence-electron chi connectivity index (χ2n) is 14.0. The molecule has 0 atom stereocenters. The van der Waals surface area contributed by atoms with Crippen LogP contribution in [0.15, 0.2) is 176 Å². The predicted octanol–water partition coefficient (Wildman–Crippen LogP) is 12.4. The lowest BCUT2D eigenvalue weighted by Gasteiger charge is -2.14. The van der Waals surface area contributed by atoms with E-state index in [9.17, 15) is 10.5 Å². The Balaban J connectivity index is 1.12. The van der Waals surface area contributed by atoms with Crippen molar-refractivity contribution in [1.82, 2.24) is 13.7 Å². The second kappa shape index (κ2) is 11.8. The van der Waals surface area contributed by atoms with Crippen LogP contribution in [0.25, 0.3) is 93.6 Å². The minimum atomic E-state index is 0.537. The summed E-state index contributed by atoms with van der Waals surface area (Å²) in [6.07, 6.45) is 0. The number of aromatic nitrogens is 3. The van der Waals surface area contributed by atoms with Gasteiger partial charge in [0, 0.05) is 43.7 Å². The molecule has 0 amide bonds. The number of benzene rings is 8. The van der Waals surface area contributed by atoms with Crippen LogP contribution in [-0.4, -0.2) is 13.7 Å². The van der Waals surface area contributed by atoms with Crippen LogP contribution >= 0.6 is 0 Å². The van der Waals surface area contributed by atoms with Crippen molar-refractivity contribution in [2.24, 2.45) is 0 Å². The lowest BCUT2D eigenvalue weighted by atomic mass is 10.0. The van der Waals surface area contributed by atoms with Gasteiger partial charge in [-0.3, -0.25) is 0 Å². The van der Waals surface area contributed by atoms with E-state index in [4.69, 9.17) is 0 Å². The summed E-state index contributed by atoms with van der Waals surface area (Å²) in [5.74, 6) is 0. The molecular formula is C50H29N5. The van der Waals surface area contributed by atoms with E-state index in [1.165, 1.54) is 32.6 Å². The summed E-state index contributed by atoms with van der Waals surface area (Å²) in [5.41, 5.74) is 12.3. The molecule has 5 nitrogen and oxygen atoms in total. The Bertz CT molecular complexity index is 3420. The zero-order chi connectivity index (χ0) is 36.6. The SMILES string of the molecule is N#Cc1ccc(-c2cccc(-n3c4ccccc4c4ccc(-n5c6ccccc6c6ccccc65)cc43)c2)cc1-n1c2ccccc2c2cccc(C#N)c21. The molecular weight excluding hydrogens is 671 g/mol. The Morgan fingerprint density at radius 1 is 0.327 bits per heavy atom. The van der Waals surface area contributed by atoms with Crippen LogP contribution in [0.2, 0.25) is 0 Å². The number of hydrogen-bond acceptors (Lipinski definition) is 2. The molecule has 11 aromatic rings. The van der Waals surface area contributed by atoms with Gasteiger partial charge in [-0.25, -0.2) is 0 Å². The highest BCUT2D eigenvalue weighted by molar-refractivity contribution is 6.13. The fourth-order valence-electron chi connectivity index (χ4n) is 8.75. The van der Waals surface area contributed by atoms with Crippen molar-refractivity contribution < 1.29 is 0 Å². The Kier molecular flexibility index (Phi) is 6.61. The van der Waals surface area contributed by atoms with Gasteiger partial charge in [0.1, 0.15) is 12.1 Å². The van der Waals surface area contributed by atoms with E-state index in [1.54, 1.807) is 0 Å². The van der Waals surface area contributed by atoms with Gasteiger partial charge in [0.25, 0.3) is 0 Å². The van der Waals surface area contributed by atoms with Crippen LogP contribution in [0, 0.1) is 22.7 Å². The predicted molar refractivity (Wildman–Crippen MR) is 224 cm³/mol. The third-order valence-electron chi connectivity index (χ3n) is 11.1. The normalized spacial score (nSPS) is 11.6. The summed E-state index contributed by atoms with van der Waals surface area (Å²) >= 11 is 0. The zero-order valence-electron chi connectivity index (χ0n) is 29.5. The van der Waals surface area contributed by atoms with Crippen molar-refractivity contribution in [3.63, 3.8) is 0 Å². The highest BCUT2D eigenvalue weighted by atomic mass is 15.0. The number of fused-ring (bicyclic) bond motifs is 9. The topological polar surface area (TPSA) is 62.4 Å². The van der Waals surface area contributed by atoms with E-state index in [1.807, 2.05) is 42.5 Å². The molecule has 0 radical (unpaired) electrons. The minimum Gasteiger partial charge on any atom is -0.309 e. The summed E-state index contributed by atoms with van der Waals surface area (Å²) in [6.45, 7) is 0. The molecule has 0 saturated carbocycles. The highest BCUT2D eigenvalue weighted by Gasteiger charge is 2.20. The molecule has 3 aromatic heterocycles. The Morgan fingerprint density at radius 2 is 0.818 bits per heavy atom.